The molecule has 1 amide bonds. The van der Waals surface area contributed by atoms with E-state index in [1.165, 1.54) is 4.90 Å². The average Bonchev–Trinajstić information content (AvgIpc) is 2.43. The number of para-hydroxylation sites is 1. The van der Waals surface area contributed by atoms with E-state index in [4.69, 9.17) is 4.74 Å². The minimum absolute atomic E-state index is 0.0297. The first-order chi connectivity index (χ1) is 10.3. The predicted molar refractivity (Wildman–Crippen MR) is 82.7 cm³/mol. The summed E-state index contributed by atoms with van der Waals surface area (Å²) in [7, 11) is 0. The van der Waals surface area contributed by atoms with Crippen LogP contribution in [0.5, 0.6) is 0 Å². The van der Waals surface area contributed by atoms with E-state index < -0.39 is 11.7 Å². The number of nitrogens with zero attached hydrogens (tertiary/aromatic N) is 2. The van der Waals surface area contributed by atoms with Gasteiger partial charge in [0.05, 0.1) is 24.3 Å². The van der Waals surface area contributed by atoms with Crippen molar-refractivity contribution in [2.75, 3.05) is 6.54 Å². The first kappa shape index (κ1) is 14.5. The quantitative estimate of drug-likeness (QED) is 0.749. The van der Waals surface area contributed by atoms with Crippen LogP contribution >= 0.6 is 0 Å². The van der Waals surface area contributed by atoms with Gasteiger partial charge in [0.2, 0.25) is 0 Å². The summed E-state index contributed by atoms with van der Waals surface area (Å²) >= 11 is 0. The van der Waals surface area contributed by atoms with Gasteiger partial charge in [-0.05, 0) is 32.9 Å². The highest BCUT2D eigenvalue weighted by Crippen LogP contribution is 2.23. The summed E-state index contributed by atoms with van der Waals surface area (Å²) in [6, 6.07) is 9.49. The molecule has 5 heteroatoms. The third kappa shape index (κ3) is 2.79. The monoisotopic (exact) mass is 298 g/mol. The molecule has 0 spiro atoms. The topological polar surface area (TPSA) is 59.5 Å². The summed E-state index contributed by atoms with van der Waals surface area (Å²) in [5.41, 5.74) is 1.46. The maximum atomic E-state index is 12.3. The number of carbonyl (C=O) groups is 2. The van der Waals surface area contributed by atoms with Crippen LogP contribution in [0.4, 0.5) is 4.79 Å². The molecule has 3 rings (SSSR count). The number of aromatic nitrogens is 1. The minimum Gasteiger partial charge on any atom is -0.444 e. The van der Waals surface area contributed by atoms with Gasteiger partial charge in [0.15, 0.2) is 5.78 Å². The van der Waals surface area contributed by atoms with Crippen LogP contribution in [0.3, 0.4) is 0 Å². The largest absolute Gasteiger partial charge is 0.444 e. The van der Waals surface area contributed by atoms with Gasteiger partial charge >= 0.3 is 6.09 Å². The second-order valence-electron chi connectivity index (χ2n) is 6.43. The number of fused-ring (bicyclic) bond motifs is 2. The highest BCUT2D eigenvalue weighted by atomic mass is 16.6. The average molecular weight is 298 g/mol. The lowest BCUT2D eigenvalue weighted by molar-refractivity contribution is 0.0217. The lowest BCUT2D eigenvalue weighted by atomic mass is 10.0. The van der Waals surface area contributed by atoms with E-state index in [2.05, 4.69) is 4.98 Å². The van der Waals surface area contributed by atoms with E-state index >= 15 is 0 Å². The summed E-state index contributed by atoms with van der Waals surface area (Å²) < 4.78 is 5.34. The minimum atomic E-state index is -0.586. The van der Waals surface area contributed by atoms with E-state index in [-0.39, 0.29) is 12.3 Å². The molecule has 0 saturated heterocycles. The molecule has 5 nitrogen and oxygen atoms in total. The fraction of sp³-hybridized carbons (Fsp3) is 0.353. The van der Waals surface area contributed by atoms with E-state index in [9.17, 15) is 9.59 Å². The number of rotatable bonds is 0. The van der Waals surface area contributed by atoms with Crippen LogP contribution in [0.1, 0.15) is 36.8 Å². The standard InChI is InChI=1S/C17H18N2O3/c1-17(2,3)22-16(21)19-9-14-12(15(20)10-19)8-11-6-4-5-7-13(11)18-14/h4-8H,9-10H2,1-3H3. The third-order valence-corrected chi connectivity index (χ3v) is 3.43. The van der Waals surface area contributed by atoms with Crippen molar-refractivity contribution in [1.29, 1.82) is 0 Å². The molecule has 114 valence electrons. The number of amides is 1. The maximum absolute atomic E-state index is 12.3. The highest BCUT2D eigenvalue weighted by molar-refractivity contribution is 6.03. The van der Waals surface area contributed by atoms with Crippen LogP contribution in [0.2, 0.25) is 0 Å². The van der Waals surface area contributed by atoms with Crippen molar-refractivity contribution in [1.82, 2.24) is 9.88 Å². The van der Waals surface area contributed by atoms with Crippen LogP contribution < -0.4 is 0 Å². The maximum Gasteiger partial charge on any atom is 0.411 e. The Kier molecular flexibility index (Phi) is 3.35. The number of carbonyl (C=O) groups excluding carboxylic acids is 2. The molecular formula is C17H18N2O3. The van der Waals surface area contributed by atoms with Crippen LogP contribution in [0, 0.1) is 0 Å². The summed E-state index contributed by atoms with van der Waals surface area (Å²) in [6.07, 6.45) is -0.485. The van der Waals surface area contributed by atoms with Crippen LogP contribution in [0.25, 0.3) is 10.9 Å². The lowest BCUT2D eigenvalue weighted by Crippen LogP contribution is -2.42. The number of benzene rings is 1. The summed E-state index contributed by atoms with van der Waals surface area (Å²) in [5, 5.41) is 0.931. The molecule has 0 unspecified atom stereocenters. The van der Waals surface area contributed by atoms with Gasteiger partial charge in [-0.1, -0.05) is 18.2 Å². The molecule has 1 aliphatic rings. The predicted octanol–water partition coefficient (Wildman–Crippen LogP) is 3.17. The fourth-order valence-corrected chi connectivity index (χ4v) is 2.47. The Bertz CT molecular complexity index is 762. The second-order valence-corrected chi connectivity index (χ2v) is 6.43. The second kappa shape index (κ2) is 5.09. The van der Waals surface area contributed by atoms with Crippen molar-refractivity contribution >= 4 is 22.8 Å². The van der Waals surface area contributed by atoms with Crippen molar-refractivity contribution < 1.29 is 14.3 Å². The zero-order valence-electron chi connectivity index (χ0n) is 12.9. The summed E-state index contributed by atoms with van der Waals surface area (Å²) in [5.74, 6) is -0.106. The fourth-order valence-electron chi connectivity index (χ4n) is 2.47. The van der Waals surface area contributed by atoms with Crippen LogP contribution in [-0.2, 0) is 11.3 Å². The Labute approximate surface area is 128 Å². The molecule has 2 heterocycles. The Balaban J connectivity index is 1.93. The zero-order valence-corrected chi connectivity index (χ0v) is 12.9. The van der Waals surface area contributed by atoms with E-state index in [1.54, 1.807) is 20.8 Å². The number of ketones is 1. The smallest absolute Gasteiger partial charge is 0.411 e. The van der Waals surface area contributed by atoms with Crippen molar-refractivity contribution in [2.24, 2.45) is 0 Å². The van der Waals surface area contributed by atoms with Crippen molar-refractivity contribution in [3.8, 4) is 0 Å². The van der Waals surface area contributed by atoms with Crippen molar-refractivity contribution in [3.63, 3.8) is 0 Å². The molecule has 0 aliphatic carbocycles. The number of ether oxygens (including phenoxy) is 1. The van der Waals surface area contributed by atoms with Gasteiger partial charge < -0.3 is 4.74 Å². The van der Waals surface area contributed by atoms with E-state index in [0.29, 0.717) is 17.8 Å². The van der Waals surface area contributed by atoms with Gasteiger partial charge in [0.25, 0.3) is 0 Å². The number of Topliss-reactive ketones (excluding diaryl/α,β-unsaturated/α-hetero) is 1. The molecule has 1 aromatic heterocycles. The normalized spacial score (nSPS) is 14.9. The first-order valence-corrected chi connectivity index (χ1v) is 7.23. The van der Waals surface area contributed by atoms with E-state index in [0.717, 1.165) is 10.9 Å². The third-order valence-electron chi connectivity index (χ3n) is 3.43. The van der Waals surface area contributed by atoms with Gasteiger partial charge in [-0.2, -0.15) is 0 Å². The number of hydrogen-bond acceptors (Lipinski definition) is 4. The Morgan fingerprint density at radius 1 is 1.23 bits per heavy atom. The van der Waals surface area contributed by atoms with E-state index in [1.807, 2.05) is 30.3 Å². The molecule has 22 heavy (non-hydrogen) atoms. The molecule has 0 radical (unpaired) electrons. The van der Waals surface area contributed by atoms with Crippen LogP contribution in [-0.4, -0.2) is 33.9 Å². The Hall–Kier alpha value is -2.43. The van der Waals surface area contributed by atoms with Gasteiger partial charge in [-0.15, -0.1) is 0 Å². The molecule has 0 bridgehead atoms. The van der Waals surface area contributed by atoms with Gasteiger partial charge in [-0.3, -0.25) is 14.7 Å². The summed E-state index contributed by atoms with van der Waals surface area (Å²) in [6.45, 7) is 5.73. The van der Waals surface area contributed by atoms with Crippen molar-refractivity contribution in [2.45, 2.75) is 32.9 Å². The zero-order chi connectivity index (χ0) is 15.9. The molecular weight excluding hydrogens is 280 g/mol. The van der Waals surface area contributed by atoms with Gasteiger partial charge in [-0.25, -0.2) is 4.79 Å². The SMILES string of the molecule is CC(C)(C)OC(=O)N1CC(=O)c2cc3ccccc3nc2C1. The van der Waals surface area contributed by atoms with Gasteiger partial charge in [0.1, 0.15) is 5.60 Å². The molecule has 0 atom stereocenters. The number of hydrogen-bond donors (Lipinski definition) is 0. The van der Waals surface area contributed by atoms with Crippen molar-refractivity contribution in [3.05, 3.63) is 41.6 Å². The van der Waals surface area contributed by atoms with Crippen LogP contribution in [0.15, 0.2) is 30.3 Å². The molecule has 0 saturated carbocycles. The van der Waals surface area contributed by atoms with Gasteiger partial charge in [0, 0.05) is 10.9 Å². The molecule has 0 fully saturated rings. The summed E-state index contributed by atoms with van der Waals surface area (Å²) in [4.78, 5) is 30.4. The first-order valence-electron chi connectivity index (χ1n) is 7.23. The molecule has 0 N–H and O–H groups in total. The molecule has 1 aromatic carbocycles. The highest BCUT2D eigenvalue weighted by Gasteiger charge is 2.30. The lowest BCUT2D eigenvalue weighted by Gasteiger charge is -2.30. The Morgan fingerprint density at radius 2 is 1.95 bits per heavy atom. The molecule has 2 aromatic rings. The Morgan fingerprint density at radius 3 is 2.68 bits per heavy atom. The number of pyridine rings is 1. The molecule has 1 aliphatic heterocycles.